The monoisotopic (exact) mass is 456 g/mol. The van der Waals surface area contributed by atoms with Gasteiger partial charge in [0.05, 0.1) is 12.1 Å². The van der Waals surface area contributed by atoms with Crippen LogP contribution in [0.15, 0.2) is 59.5 Å². The highest BCUT2D eigenvalue weighted by Gasteiger charge is 2.10. The molecule has 0 aliphatic heterocycles. The van der Waals surface area contributed by atoms with Crippen LogP contribution >= 0.6 is 0 Å². The lowest BCUT2D eigenvalue weighted by atomic mass is 10.1. The van der Waals surface area contributed by atoms with E-state index in [-0.39, 0.29) is 42.2 Å². The second-order valence-corrected chi connectivity index (χ2v) is 7.38. The summed E-state index contributed by atoms with van der Waals surface area (Å²) >= 11 is 0. The average Bonchev–Trinajstić information content (AvgIpc) is 2.74. The summed E-state index contributed by atoms with van der Waals surface area (Å²) in [5.74, 6) is -1.68. The molecule has 1 N–H and O–H groups in total. The molecular formula is C23H22F2N4O4. The topological polar surface area (TPSA) is 93.5 Å². The third-order valence-electron chi connectivity index (χ3n) is 4.58. The van der Waals surface area contributed by atoms with Crippen molar-refractivity contribution in [3.8, 4) is 5.69 Å². The van der Waals surface area contributed by atoms with Gasteiger partial charge in [-0.05, 0) is 29.8 Å². The van der Waals surface area contributed by atoms with Gasteiger partial charge in [-0.25, -0.2) is 18.3 Å². The quantitative estimate of drug-likeness (QED) is 0.590. The van der Waals surface area contributed by atoms with E-state index in [0.717, 1.165) is 18.2 Å². The number of rotatable bonds is 7. The second kappa shape index (κ2) is 10.5. The van der Waals surface area contributed by atoms with Crippen molar-refractivity contribution in [2.75, 3.05) is 26.0 Å². The Morgan fingerprint density at radius 1 is 1.09 bits per heavy atom. The van der Waals surface area contributed by atoms with Gasteiger partial charge >= 0.3 is 6.09 Å². The Morgan fingerprint density at radius 2 is 1.82 bits per heavy atom. The van der Waals surface area contributed by atoms with E-state index in [4.69, 9.17) is 4.74 Å². The summed E-state index contributed by atoms with van der Waals surface area (Å²) in [4.78, 5) is 37.2. The van der Waals surface area contributed by atoms with Crippen LogP contribution in [-0.2, 0) is 16.0 Å². The maximum atomic E-state index is 13.5. The number of ether oxygens (including phenoxy) is 1. The standard InChI is InChI=1S/C23H22F2N4O4/c1-28(2)22(31)7-9-33-23(32)26-18-5-3-4-15(10-18)11-20-21(30)6-8-29(27-20)19-13-16(24)12-17(25)14-19/h3-6,8,10,12-14H,7,9,11H2,1-2H3,(H,26,32). The number of anilines is 1. The highest BCUT2D eigenvalue weighted by molar-refractivity contribution is 5.85. The van der Waals surface area contributed by atoms with Crippen molar-refractivity contribution >= 4 is 17.7 Å². The van der Waals surface area contributed by atoms with Gasteiger partial charge in [0.15, 0.2) is 0 Å². The fourth-order valence-corrected chi connectivity index (χ4v) is 2.95. The Hall–Kier alpha value is -4.08. The normalized spacial score (nSPS) is 10.5. The number of carbonyl (C=O) groups is 2. The van der Waals surface area contributed by atoms with Gasteiger partial charge < -0.3 is 9.64 Å². The molecule has 0 radical (unpaired) electrons. The number of nitrogens with one attached hydrogen (secondary N) is 1. The van der Waals surface area contributed by atoms with Crippen LogP contribution in [-0.4, -0.2) is 47.4 Å². The number of nitrogens with zero attached hydrogens (tertiary/aromatic N) is 3. The molecule has 10 heteroatoms. The van der Waals surface area contributed by atoms with E-state index in [0.29, 0.717) is 11.3 Å². The fraction of sp³-hybridized carbons (Fsp3) is 0.217. The average molecular weight is 456 g/mol. The molecule has 0 aliphatic carbocycles. The van der Waals surface area contributed by atoms with E-state index in [2.05, 4.69) is 10.4 Å². The van der Waals surface area contributed by atoms with Crippen LogP contribution in [0.2, 0.25) is 0 Å². The summed E-state index contributed by atoms with van der Waals surface area (Å²) in [6.45, 7) is -0.0588. The maximum absolute atomic E-state index is 13.5. The highest BCUT2D eigenvalue weighted by Crippen LogP contribution is 2.15. The van der Waals surface area contributed by atoms with Crippen LogP contribution in [0.4, 0.5) is 19.3 Å². The molecular weight excluding hydrogens is 434 g/mol. The van der Waals surface area contributed by atoms with Gasteiger partial charge in [0.1, 0.15) is 23.9 Å². The molecule has 2 amide bonds. The smallest absolute Gasteiger partial charge is 0.411 e. The van der Waals surface area contributed by atoms with Crippen LogP contribution < -0.4 is 10.7 Å². The predicted octanol–water partition coefficient (Wildman–Crippen LogP) is 3.13. The lowest BCUT2D eigenvalue weighted by Crippen LogP contribution is -2.24. The second-order valence-electron chi connectivity index (χ2n) is 7.38. The molecule has 2 aromatic carbocycles. The van der Waals surface area contributed by atoms with Gasteiger partial charge in [0, 0.05) is 44.5 Å². The summed E-state index contributed by atoms with van der Waals surface area (Å²) in [6, 6.07) is 10.9. The van der Waals surface area contributed by atoms with Crippen molar-refractivity contribution in [1.82, 2.24) is 14.7 Å². The van der Waals surface area contributed by atoms with Crippen molar-refractivity contribution in [2.24, 2.45) is 0 Å². The van der Waals surface area contributed by atoms with Crippen molar-refractivity contribution in [3.05, 3.63) is 87.8 Å². The number of benzene rings is 2. The largest absolute Gasteiger partial charge is 0.449 e. The molecule has 0 saturated heterocycles. The lowest BCUT2D eigenvalue weighted by molar-refractivity contribution is -0.129. The zero-order chi connectivity index (χ0) is 24.0. The molecule has 3 aromatic rings. The van der Waals surface area contributed by atoms with Gasteiger partial charge in [-0.1, -0.05) is 12.1 Å². The van der Waals surface area contributed by atoms with E-state index >= 15 is 0 Å². The van der Waals surface area contributed by atoms with Crippen LogP contribution in [0.5, 0.6) is 0 Å². The molecule has 3 rings (SSSR count). The van der Waals surface area contributed by atoms with E-state index in [1.54, 1.807) is 38.4 Å². The molecule has 1 aromatic heterocycles. The molecule has 0 aliphatic rings. The molecule has 172 valence electrons. The van der Waals surface area contributed by atoms with Crippen LogP contribution in [0.3, 0.4) is 0 Å². The van der Waals surface area contributed by atoms with E-state index in [1.165, 1.54) is 21.8 Å². The third-order valence-corrected chi connectivity index (χ3v) is 4.58. The van der Waals surface area contributed by atoms with Crippen molar-refractivity contribution in [2.45, 2.75) is 12.8 Å². The molecule has 1 heterocycles. The summed E-state index contributed by atoms with van der Waals surface area (Å²) in [5, 5.41) is 6.77. The first-order valence-electron chi connectivity index (χ1n) is 9.99. The molecule has 0 unspecified atom stereocenters. The van der Waals surface area contributed by atoms with Gasteiger partial charge in [-0.15, -0.1) is 0 Å². The first-order valence-corrected chi connectivity index (χ1v) is 9.99. The number of hydrogen-bond donors (Lipinski definition) is 1. The summed E-state index contributed by atoms with van der Waals surface area (Å²) in [5.41, 5.74) is 1.05. The van der Waals surface area contributed by atoms with E-state index < -0.39 is 17.7 Å². The third kappa shape index (κ3) is 6.70. The van der Waals surface area contributed by atoms with Gasteiger partial charge in [-0.2, -0.15) is 5.10 Å². The van der Waals surface area contributed by atoms with E-state index in [1.807, 2.05) is 0 Å². The number of carbonyl (C=O) groups excluding carboxylic acids is 2. The maximum Gasteiger partial charge on any atom is 0.411 e. The highest BCUT2D eigenvalue weighted by atomic mass is 19.1. The Morgan fingerprint density at radius 3 is 2.52 bits per heavy atom. The number of amides is 2. The van der Waals surface area contributed by atoms with Crippen molar-refractivity contribution in [1.29, 1.82) is 0 Å². The molecule has 0 fully saturated rings. The minimum atomic E-state index is -0.760. The predicted molar refractivity (Wildman–Crippen MR) is 117 cm³/mol. The molecule has 0 atom stereocenters. The van der Waals surface area contributed by atoms with Crippen LogP contribution in [0.25, 0.3) is 5.69 Å². The lowest BCUT2D eigenvalue weighted by Gasteiger charge is -2.11. The van der Waals surface area contributed by atoms with Crippen molar-refractivity contribution < 1.29 is 23.1 Å². The summed E-state index contributed by atoms with van der Waals surface area (Å²) in [7, 11) is 3.22. The SMILES string of the molecule is CN(C)C(=O)CCOC(=O)Nc1cccc(Cc2nn(-c3cc(F)cc(F)c3)ccc2=O)c1. The fourth-order valence-electron chi connectivity index (χ4n) is 2.95. The van der Waals surface area contributed by atoms with Gasteiger partial charge in [0.2, 0.25) is 11.3 Å². The first-order chi connectivity index (χ1) is 15.7. The molecule has 0 saturated carbocycles. The van der Waals surface area contributed by atoms with Gasteiger partial charge in [0.25, 0.3) is 0 Å². The zero-order valence-corrected chi connectivity index (χ0v) is 18.0. The van der Waals surface area contributed by atoms with Crippen LogP contribution in [0.1, 0.15) is 17.7 Å². The summed E-state index contributed by atoms with van der Waals surface area (Å²) in [6.07, 6.45) is 0.808. The Bertz CT molecular complexity index is 1210. The number of aromatic nitrogens is 2. The first kappa shape index (κ1) is 23.6. The van der Waals surface area contributed by atoms with Crippen molar-refractivity contribution in [3.63, 3.8) is 0 Å². The Balaban J connectivity index is 1.69. The minimum Gasteiger partial charge on any atom is -0.449 e. The minimum absolute atomic E-state index is 0.0588. The molecule has 0 bridgehead atoms. The zero-order valence-electron chi connectivity index (χ0n) is 18.0. The number of hydrogen-bond acceptors (Lipinski definition) is 5. The van der Waals surface area contributed by atoms with Crippen LogP contribution in [0, 0.1) is 11.6 Å². The molecule has 0 spiro atoms. The summed E-state index contributed by atoms with van der Waals surface area (Å²) < 4.78 is 33.3. The van der Waals surface area contributed by atoms with Gasteiger partial charge in [-0.3, -0.25) is 14.9 Å². The Labute approximate surface area is 188 Å². The van der Waals surface area contributed by atoms with E-state index in [9.17, 15) is 23.2 Å². The molecule has 33 heavy (non-hydrogen) atoms. The molecule has 8 nitrogen and oxygen atoms in total. The Kier molecular flexibility index (Phi) is 7.50. The number of halogens is 2.